The summed E-state index contributed by atoms with van der Waals surface area (Å²) in [5, 5.41) is 0. The predicted molar refractivity (Wildman–Crippen MR) is 113 cm³/mol. The Kier molecular flexibility index (Phi) is 6.90. The van der Waals surface area contributed by atoms with E-state index in [1.54, 1.807) is 54.6 Å². The first-order valence-corrected chi connectivity index (χ1v) is 9.52. The Hall–Kier alpha value is -4.26. The van der Waals surface area contributed by atoms with E-state index in [9.17, 15) is 19.2 Å². The third-order valence-electron chi connectivity index (χ3n) is 4.41. The smallest absolute Gasteiger partial charge is 0.338 e. The van der Waals surface area contributed by atoms with Crippen molar-refractivity contribution in [3.63, 3.8) is 0 Å². The first-order chi connectivity index (χ1) is 15.0. The fourth-order valence-corrected chi connectivity index (χ4v) is 2.68. The van der Waals surface area contributed by atoms with Crippen LogP contribution in [-0.4, -0.2) is 29.7 Å². The van der Waals surface area contributed by atoms with Crippen molar-refractivity contribution in [1.29, 1.82) is 0 Å². The van der Waals surface area contributed by atoms with Crippen molar-refractivity contribution in [2.24, 2.45) is 0 Å². The molecule has 3 aromatic carbocycles. The molecule has 156 valence electrons. The Morgan fingerprint density at radius 1 is 0.645 bits per heavy atom. The molecule has 2 amide bonds. The first-order valence-electron chi connectivity index (χ1n) is 9.52. The second-order valence-corrected chi connectivity index (χ2v) is 6.63. The second-order valence-electron chi connectivity index (χ2n) is 6.63. The Morgan fingerprint density at radius 3 is 1.71 bits per heavy atom. The van der Waals surface area contributed by atoms with Gasteiger partial charge in [-0.1, -0.05) is 60.7 Å². The summed E-state index contributed by atoms with van der Waals surface area (Å²) >= 11 is 0. The van der Waals surface area contributed by atoms with Crippen LogP contribution in [0.15, 0.2) is 84.9 Å². The van der Waals surface area contributed by atoms with Gasteiger partial charge in [-0.25, -0.2) is 4.79 Å². The van der Waals surface area contributed by atoms with Crippen LogP contribution >= 0.6 is 0 Å². The van der Waals surface area contributed by atoms with Gasteiger partial charge in [-0.2, -0.15) is 0 Å². The highest BCUT2D eigenvalue weighted by Gasteiger charge is 2.20. The van der Waals surface area contributed by atoms with Gasteiger partial charge in [0.1, 0.15) is 0 Å². The van der Waals surface area contributed by atoms with Crippen molar-refractivity contribution in [2.45, 2.75) is 13.0 Å². The largest absolute Gasteiger partial charge is 0.449 e. The van der Waals surface area contributed by atoms with Crippen LogP contribution in [0.2, 0.25) is 0 Å². The van der Waals surface area contributed by atoms with Crippen LogP contribution in [0.5, 0.6) is 0 Å². The lowest BCUT2D eigenvalue weighted by atomic mass is 10.0. The number of ether oxygens (including phenoxy) is 1. The molecule has 0 aromatic heterocycles. The Labute approximate surface area is 179 Å². The van der Waals surface area contributed by atoms with Crippen LogP contribution in [0, 0.1) is 0 Å². The molecule has 0 bridgehead atoms. The maximum absolute atomic E-state index is 12.4. The zero-order valence-electron chi connectivity index (χ0n) is 16.7. The number of amides is 2. The van der Waals surface area contributed by atoms with Crippen molar-refractivity contribution < 1.29 is 23.9 Å². The van der Waals surface area contributed by atoms with E-state index in [1.165, 1.54) is 31.2 Å². The monoisotopic (exact) mass is 416 g/mol. The number of carbonyl (C=O) groups excluding carboxylic acids is 4. The molecular weight excluding hydrogens is 396 g/mol. The average molecular weight is 416 g/mol. The van der Waals surface area contributed by atoms with E-state index in [0.29, 0.717) is 16.7 Å². The van der Waals surface area contributed by atoms with Gasteiger partial charge in [0.2, 0.25) is 0 Å². The van der Waals surface area contributed by atoms with E-state index in [2.05, 4.69) is 10.9 Å². The summed E-state index contributed by atoms with van der Waals surface area (Å²) < 4.78 is 5.13. The minimum absolute atomic E-state index is 0.164. The molecule has 0 heterocycles. The molecule has 7 nitrogen and oxygen atoms in total. The van der Waals surface area contributed by atoms with Gasteiger partial charge >= 0.3 is 5.97 Å². The number of hydrazine groups is 1. The molecule has 7 heteroatoms. The number of esters is 1. The molecule has 0 aliphatic rings. The molecule has 0 saturated heterocycles. The van der Waals surface area contributed by atoms with Gasteiger partial charge in [-0.05, 0) is 31.2 Å². The van der Waals surface area contributed by atoms with Gasteiger partial charge in [0.15, 0.2) is 11.9 Å². The second kappa shape index (κ2) is 9.98. The summed E-state index contributed by atoms with van der Waals surface area (Å²) in [6, 6.07) is 23.1. The van der Waals surface area contributed by atoms with E-state index in [0.717, 1.165) is 0 Å². The first kappa shape index (κ1) is 21.4. The van der Waals surface area contributed by atoms with Crippen molar-refractivity contribution in [3.05, 3.63) is 107 Å². The normalized spacial score (nSPS) is 11.1. The number of benzene rings is 3. The number of nitrogens with one attached hydrogen (secondary N) is 2. The maximum Gasteiger partial charge on any atom is 0.338 e. The topological polar surface area (TPSA) is 102 Å². The van der Waals surface area contributed by atoms with Crippen molar-refractivity contribution in [2.75, 3.05) is 0 Å². The van der Waals surface area contributed by atoms with E-state index in [4.69, 9.17) is 4.74 Å². The highest BCUT2D eigenvalue weighted by atomic mass is 16.5. The number of ketones is 1. The molecule has 31 heavy (non-hydrogen) atoms. The minimum atomic E-state index is -1.14. The van der Waals surface area contributed by atoms with Crippen LogP contribution in [0.4, 0.5) is 0 Å². The summed E-state index contributed by atoms with van der Waals surface area (Å²) in [5.74, 6) is -2.07. The van der Waals surface area contributed by atoms with Gasteiger partial charge in [-0.15, -0.1) is 0 Å². The molecule has 0 aliphatic carbocycles. The molecule has 3 rings (SSSR count). The average Bonchev–Trinajstić information content (AvgIpc) is 2.82. The van der Waals surface area contributed by atoms with Gasteiger partial charge in [-0.3, -0.25) is 25.2 Å². The van der Waals surface area contributed by atoms with Crippen LogP contribution in [-0.2, 0) is 9.53 Å². The summed E-state index contributed by atoms with van der Waals surface area (Å²) in [6.07, 6.45) is -1.14. The van der Waals surface area contributed by atoms with Crippen molar-refractivity contribution >= 4 is 23.6 Å². The number of hydrogen-bond donors (Lipinski definition) is 2. The third kappa shape index (κ3) is 5.63. The SMILES string of the molecule is C[C@@H](OC(=O)c1ccc(C(=O)c2ccccc2)cc1)C(=O)NNC(=O)c1ccccc1. The minimum Gasteiger partial charge on any atom is -0.449 e. The molecule has 1 atom stereocenters. The summed E-state index contributed by atoms with van der Waals surface area (Å²) in [7, 11) is 0. The fraction of sp³-hybridized carbons (Fsp3) is 0.0833. The molecule has 0 fully saturated rings. The highest BCUT2D eigenvalue weighted by Crippen LogP contribution is 2.12. The Balaban J connectivity index is 1.53. The number of hydrogen-bond acceptors (Lipinski definition) is 5. The van der Waals surface area contributed by atoms with Gasteiger partial charge in [0, 0.05) is 16.7 Å². The lowest BCUT2D eigenvalue weighted by molar-refractivity contribution is -0.129. The molecule has 2 N–H and O–H groups in total. The van der Waals surface area contributed by atoms with E-state index in [1.807, 2.05) is 6.07 Å². The summed E-state index contributed by atoms with van der Waals surface area (Å²) in [5.41, 5.74) is 6.02. The van der Waals surface area contributed by atoms with E-state index >= 15 is 0 Å². The molecular formula is C24H20N2O5. The van der Waals surface area contributed by atoms with E-state index < -0.39 is 23.9 Å². The maximum atomic E-state index is 12.4. The standard InChI is InChI=1S/C24H20N2O5/c1-16(22(28)25-26-23(29)19-10-6-3-7-11-19)31-24(30)20-14-12-18(13-15-20)21(27)17-8-4-2-5-9-17/h2-16H,1H3,(H,25,28)(H,26,29)/t16-/m1/s1. The third-order valence-corrected chi connectivity index (χ3v) is 4.41. The van der Waals surface area contributed by atoms with Crippen LogP contribution in [0.1, 0.15) is 43.6 Å². The van der Waals surface area contributed by atoms with Gasteiger partial charge < -0.3 is 4.74 Å². The Morgan fingerprint density at radius 2 is 1.13 bits per heavy atom. The summed E-state index contributed by atoms with van der Waals surface area (Å²) in [4.78, 5) is 48.8. The predicted octanol–water partition coefficient (Wildman–Crippen LogP) is 2.92. The fourth-order valence-electron chi connectivity index (χ4n) is 2.68. The lowest BCUT2D eigenvalue weighted by Gasteiger charge is -2.14. The van der Waals surface area contributed by atoms with Gasteiger partial charge in [0.25, 0.3) is 11.8 Å². The van der Waals surface area contributed by atoms with Crippen LogP contribution < -0.4 is 10.9 Å². The highest BCUT2D eigenvalue weighted by molar-refractivity contribution is 6.09. The Bertz CT molecular complexity index is 1080. The molecule has 0 aliphatic heterocycles. The molecule has 0 radical (unpaired) electrons. The van der Waals surface area contributed by atoms with Crippen molar-refractivity contribution in [3.8, 4) is 0 Å². The number of carbonyl (C=O) groups is 4. The van der Waals surface area contributed by atoms with Crippen molar-refractivity contribution in [1.82, 2.24) is 10.9 Å². The van der Waals surface area contributed by atoms with Gasteiger partial charge in [0.05, 0.1) is 5.56 Å². The molecule has 0 spiro atoms. The van der Waals surface area contributed by atoms with Crippen LogP contribution in [0.25, 0.3) is 0 Å². The van der Waals surface area contributed by atoms with E-state index in [-0.39, 0.29) is 11.3 Å². The summed E-state index contributed by atoms with van der Waals surface area (Å²) in [6.45, 7) is 1.38. The quantitative estimate of drug-likeness (QED) is 0.366. The molecule has 0 saturated carbocycles. The zero-order chi connectivity index (χ0) is 22.2. The lowest BCUT2D eigenvalue weighted by Crippen LogP contribution is -2.46. The molecule has 0 unspecified atom stereocenters. The van der Waals surface area contributed by atoms with Crippen LogP contribution in [0.3, 0.4) is 0 Å². The number of rotatable bonds is 6. The zero-order valence-corrected chi connectivity index (χ0v) is 16.7. The molecule has 3 aromatic rings.